The zero-order valence-electron chi connectivity index (χ0n) is 23.9. The van der Waals surface area contributed by atoms with Crippen molar-refractivity contribution in [1.82, 2.24) is 9.80 Å². The molecule has 224 valence electrons. The van der Waals surface area contributed by atoms with Gasteiger partial charge >= 0.3 is 0 Å². The van der Waals surface area contributed by atoms with Gasteiger partial charge in [0.15, 0.2) is 0 Å². The van der Waals surface area contributed by atoms with Crippen molar-refractivity contribution in [2.45, 2.75) is 24.9 Å². The summed E-state index contributed by atoms with van der Waals surface area (Å²) in [6.45, 7) is 9.36. The first-order valence-corrected chi connectivity index (χ1v) is 15.6. The molecule has 2 heterocycles. The molecule has 44 heavy (non-hydrogen) atoms. The molecule has 0 radical (unpaired) electrons. The van der Waals surface area contributed by atoms with Crippen LogP contribution in [-0.4, -0.2) is 34.7 Å². The number of fused-ring (bicyclic) bond motifs is 2. The lowest BCUT2D eigenvalue weighted by molar-refractivity contribution is -0.127. The van der Waals surface area contributed by atoms with Crippen LogP contribution in [0.2, 0.25) is 20.1 Å². The number of hydrogen-bond donors (Lipinski definition) is 0. The molecule has 0 aromatic heterocycles. The van der Waals surface area contributed by atoms with E-state index >= 15 is 0 Å². The van der Waals surface area contributed by atoms with Crippen LogP contribution in [0.15, 0.2) is 110 Å². The molecule has 0 saturated heterocycles. The average molecular weight is 664 g/mol. The number of rotatable bonds is 4. The van der Waals surface area contributed by atoms with E-state index in [4.69, 9.17) is 46.4 Å². The van der Waals surface area contributed by atoms with Crippen LogP contribution in [0.4, 0.5) is 0 Å². The van der Waals surface area contributed by atoms with E-state index < -0.39 is 0 Å². The Morgan fingerprint density at radius 1 is 0.591 bits per heavy atom. The summed E-state index contributed by atoms with van der Waals surface area (Å²) in [5.74, 6) is -0.115. The van der Waals surface area contributed by atoms with Gasteiger partial charge in [0.2, 0.25) is 11.8 Å². The van der Waals surface area contributed by atoms with Gasteiger partial charge in [-0.3, -0.25) is 9.59 Å². The Hall–Kier alpha value is -3.54. The summed E-state index contributed by atoms with van der Waals surface area (Å²) < 4.78 is 0. The number of carbonyl (C=O) groups excluding carboxylic acids is 2. The fourth-order valence-corrected chi connectivity index (χ4v) is 6.88. The summed E-state index contributed by atoms with van der Waals surface area (Å²) in [6.07, 6.45) is 2.70. The highest BCUT2D eigenvalue weighted by Crippen LogP contribution is 2.42. The minimum Gasteiger partial charge on any atom is -0.334 e. The molecule has 2 atom stereocenters. The van der Waals surface area contributed by atoms with Gasteiger partial charge in [0.05, 0.1) is 20.1 Å². The van der Waals surface area contributed by atoms with Crippen molar-refractivity contribution >= 4 is 58.2 Å². The molecule has 4 aromatic rings. The van der Waals surface area contributed by atoms with Gasteiger partial charge in [-0.25, -0.2) is 0 Å². The van der Waals surface area contributed by atoms with Gasteiger partial charge in [0, 0.05) is 38.0 Å². The maximum atomic E-state index is 12.1. The fourth-order valence-electron chi connectivity index (χ4n) is 5.91. The lowest BCUT2D eigenvalue weighted by Crippen LogP contribution is -2.37. The highest BCUT2D eigenvalue weighted by molar-refractivity contribution is 6.43. The molecule has 0 bridgehead atoms. The molecular formula is C36H30Cl4N2O2. The van der Waals surface area contributed by atoms with Gasteiger partial charge < -0.3 is 9.80 Å². The molecule has 6 rings (SSSR count). The predicted octanol–water partition coefficient (Wildman–Crippen LogP) is 9.31. The zero-order valence-corrected chi connectivity index (χ0v) is 26.9. The molecule has 0 N–H and O–H groups in total. The third-order valence-corrected chi connectivity index (χ3v) is 9.69. The average Bonchev–Trinajstić information content (AvgIpc) is 3.07. The van der Waals surface area contributed by atoms with E-state index in [0.29, 0.717) is 46.3 Å². The maximum Gasteiger partial charge on any atom is 0.246 e. The van der Waals surface area contributed by atoms with Crippen molar-refractivity contribution in [3.63, 3.8) is 0 Å². The van der Waals surface area contributed by atoms with E-state index in [0.717, 1.165) is 33.4 Å². The minimum absolute atomic E-state index is 0.0139. The molecule has 0 aliphatic carbocycles. The summed E-state index contributed by atoms with van der Waals surface area (Å²) in [7, 11) is 0. The van der Waals surface area contributed by atoms with Crippen LogP contribution in [-0.2, 0) is 22.7 Å². The Morgan fingerprint density at radius 3 is 1.30 bits per heavy atom. The van der Waals surface area contributed by atoms with Crippen molar-refractivity contribution < 1.29 is 9.59 Å². The van der Waals surface area contributed by atoms with E-state index in [-0.39, 0.29) is 23.7 Å². The van der Waals surface area contributed by atoms with Gasteiger partial charge in [-0.05, 0) is 57.7 Å². The van der Waals surface area contributed by atoms with Gasteiger partial charge in [-0.1, -0.05) is 132 Å². The van der Waals surface area contributed by atoms with Crippen molar-refractivity contribution in [3.8, 4) is 0 Å². The Balaban J connectivity index is 0.000000175. The summed E-state index contributed by atoms with van der Waals surface area (Å²) in [5, 5.41) is 2.26. The van der Waals surface area contributed by atoms with E-state index in [1.807, 2.05) is 72.8 Å². The Labute approximate surface area is 278 Å². The standard InChI is InChI=1S/2C18H15Cl2NO/c2*1-2-16(22)21-10-13-8-9-15(19)18(20)17(13)14(11-21)12-6-4-3-5-7-12/h2*2-9,14H,1,10-11H2/t2*14-/m10/s1. The summed E-state index contributed by atoms with van der Waals surface area (Å²) in [6, 6.07) is 27.6. The van der Waals surface area contributed by atoms with E-state index in [9.17, 15) is 9.59 Å². The molecule has 2 aliphatic rings. The molecule has 2 aliphatic heterocycles. The maximum absolute atomic E-state index is 12.1. The highest BCUT2D eigenvalue weighted by atomic mass is 35.5. The quantitative estimate of drug-likeness (QED) is 0.204. The lowest BCUT2D eigenvalue weighted by Gasteiger charge is -2.35. The predicted molar refractivity (Wildman–Crippen MR) is 181 cm³/mol. The number of nitrogens with zero attached hydrogens (tertiary/aromatic N) is 2. The van der Waals surface area contributed by atoms with E-state index in [1.165, 1.54) is 12.2 Å². The van der Waals surface area contributed by atoms with Crippen LogP contribution in [0, 0.1) is 0 Å². The Kier molecular flexibility index (Phi) is 10.2. The topological polar surface area (TPSA) is 40.6 Å². The SMILES string of the molecule is C=CC(=O)N1Cc2ccc(Cl)c(Cl)c2[C@@H](c2ccccc2)C1.C=CC(=O)N1Cc2ccc(Cl)c(Cl)c2[C@H](c2ccccc2)C1. The first-order chi connectivity index (χ1) is 21.2. The van der Waals surface area contributed by atoms with Gasteiger partial charge in [-0.15, -0.1) is 0 Å². The first kappa shape index (κ1) is 31.9. The van der Waals surface area contributed by atoms with Crippen LogP contribution in [0.5, 0.6) is 0 Å². The van der Waals surface area contributed by atoms with Crippen LogP contribution >= 0.6 is 46.4 Å². The van der Waals surface area contributed by atoms with Gasteiger partial charge in [0.1, 0.15) is 0 Å². The third-order valence-electron chi connectivity index (χ3n) is 8.05. The molecular weight excluding hydrogens is 634 g/mol. The lowest BCUT2D eigenvalue weighted by atomic mass is 9.84. The molecule has 2 amide bonds. The smallest absolute Gasteiger partial charge is 0.246 e. The second kappa shape index (κ2) is 14.0. The molecule has 0 spiro atoms. The molecule has 0 saturated carbocycles. The van der Waals surface area contributed by atoms with Crippen molar-refractivity contribution in [2.75, 3.05) is 13.1 Å². The molecule has 0 unspecified atom stereocenters. The monoisotopic (exact) mass is 662 g/mol. The molecule has 0 fully saturated rings. The largest absolute Gasteiger partial charge is 0.334 e. The Morgan fingerprint density at radius 2 is 0.955 bits per heavy atom. The zero-order chi connectivity index (χ0) is 31.4. The third kappa shape index (κ3) is 6.60. The normalized spacial score (nSPS) is 17.0. The number of benzene rings is 4. The van der Waals surface area contributed by atoms with E-state index in [2.05, 4.69) is 13.2 Å². The van der Waals surface area contributed by atoms with Gasteiger partial charge in [-0.2, -0.15) is 0 Å². The van der Waals surface area contributed by atoms with Gasteiger partial charge in [0.25, 0.3) is 0 Å². The summed E-state index contributed by atoms with van der Waals surface area (Å²) >= 11 is 25.3. The van der Waals surface area contributed by atoms with Crippen molar-refractivity contribution in [2.24, 2.45) is 0 Å². The number of halogens is 4. The summed E-state index contributed by atoms with van der Waals surface area (Å²) in [5.41, 5.74) is 6.35. The van der Waals surface area contributed by atoms with E-state index in [1.54, 1.807) is 21.9 Å². The number of hydrogen-bond acceptors (Lipinski definition) is 2. The number of carbonyl (C=O) groups is 2. The second-order valence-corrected chi connectivity index (χ2v) is 12.2. The van der Waals surface area contributed by atoms with Crippen LogP contribution in [0.25, 0.3) is 0 Å². The molecule has 8 heteroatoms. The molecule has 4 nitrogen and oxygen atoms in total. The van der Waals surface area contributed by atoms with Crippen LogP contribution in [0.1, 0.15) is 45.2 Å². The fraction of sp³-hybridized carbons (Fsp3) is 0.167. The Bertz CT molecular complexity index is 1580. The number of amides is 2. The highest BCUT2D eigenvalue weighted by Gasteiger charge is 2.32. The van der Waals surface area contributed by atoms with Crippen molar-refractivity contribution in [1.29, 1.82) is 0 Å². The van der Waals surface area contributed by atoms with Crippen LogP contribution in [0.3, 0.4) is 0 Å². The minimum atomic E-state index is -0.0716. The first-order valence-electron chi connectivity index (χ1n) is 14.1. The second-order valence-electron chi connectivity index (χ2n) is 10.6. The van der Waals surface area contributed by atoms with Crippen molar-refractivity contribution in [3.05, 3.63) is 164 Å². The molecule has 4 aromatic carbocycles. The van der Waals surface area contributed by atoms with Crippen LogP contribution < -0.4 is 0 Å². The summed E-state index contributed by atoms with van der Waals surface area (Å²) in [4.78, 5) is 27.7.